The van der Waals surface area contributed by atoms with Crippen LogP contribution in [0.15, 0.2) is 30.3 Å². The third-order valence-corrected chi connectivity index (χ3v) is 5.31. The zero-order valence-electron chi connectivity index (χ0n) is 12.8. The highest BCUT2D eigenvalue weighted by Crippen LogP contribution is 2.22. The molecule has 0 amide bonds. The van der Waals surface area contributed by atoms with Gasteiger partial charge in [0, 0.05) is 36.5 Å². The van der Waals surface area contributed by atoms with Gasteiger partial charge in [-0.3, -0.25) is 0 Å². The summed E-state index contributed by atoms with van der Waals surface area (Å²) in [6.07, 6.45) is 2.56. The summed E-state index contributed by atoms with van der Waals surface area (Å²) in [6, 6.07) is 9.86. The second kappa shape index (κ2) is 5.78. The molecule has 0 atom stereocenters. The van der Waals surface area contributed by atoms with E-state index in [1.807, 2.05) is 37.3 Å². The third kappa shape index (κ3) is 3.03. The summed E-state index contributed by atoms with van der Waals surface area (Å²) in [7, 11) is -3.16. The van der Waals surface area contributed by atoms with E-state index in [2.05, 4.69) is 9.97 Å². The van der Waals surface area contributed by atoms with Gasteiger partial charge in [0.05, 0.1) is 6.26 Å². The van der Waals surface area contributed by atoms with E-state index in [1.165, 1.54) is 10.6 Å². The minimum absolute atomic E-state index is 0.483. The van der Waals surface area contributed by atoms with Crippen LogP contribution in [0.2, 0.25) is 0 Å². The Kier molecular flexibility index (Phi) is 3.97. The van der Waals surface area contributed by atoms with Crippen molar-refractivity contribution >= 4 is 10.0 Å². The van der Waals surface area contributed by atoms with Crippen molar-refractivity contribution < 1.29 is 8.42 Å². The molecule has 1 aliphatic rings. The summed E-state index contributed by atoms with van der Waals surface area (Å²) < 4.78 is 25.0. The first-order chi connectivity index (χ1) is 10.4. The van der Waals surface area contributed by atoms with Crippen molar-refractivity contribution in [3.63, 3.8) is 0 Å². The van der Waals surface area contributed by atoms with Gasteiger partial charge in [0.2, 0.25) is 10.0 Å². The number of aromatic nitrogens is 2. The van der Waals surface area contributed by atoms with Gasteiger partial charge in [-0.15, -0.1) is 0 Å². The molecule has 2 aromatic rings. The fourth-order valence-corrected chi connectivity index (χ4v) is 3.66. The Morgan fingerprint density at radius 2 is 1.73 bits per heavy atom. The zero-order chi connectivity index (χ0) is 15.7. The van der Waals surface area contributed by atoms with E-state index in [0.717, 1.165) is 22.5 Å². The predicted octanol–water partition coefficient (Wildman–Crippen LogP) is 1.81. The Labute approximate surface area is 131 Å². The molecule has 3 rings (SSSR count). The highest BCUT2D eigenvalue weighted by Gasteiger charge is 2.23. The molecule has 22 heavy (non-hydrogen) atoms. The normalized spacial score (nSPS) is 16.1. The fraction of sp³-hybridized carbons (Fsp3) is 0.375. The number of nitrogens with zero attached hydrogens (tertiary/aromatic N) is 3. The fourth-order valence-electron chi connectivity index (χ4n) is 2.81. The Balaban J connectivity index is 1.98. The summed E-state index contributed by atoms with van der Waals surface area (Å²) in [5.41, 5.74) is 3.99. The SMILES string of the molecule is Cc1nc(-c2ccccc2)nc2c1CCN(S(C)(=O)=O)CC2. The Morgan fingerprint density at radius 1 is 1.05 bits per heavy atom. The monoisotopic (exact) mass is 317 g/mol. The van der Waals surface area contributed by atoms with Crippen molar-refractivity contribution in [2.24, 2.45) is 0 Å². The molecule has 0 aliphatic carbocycles. The minimum Gasteiger partial charge on any atom is -0.233 e. The maximum Gasteiger partial charge on any atom is 0.211 e. The van der Waals surface area contributed by atoms with Gasteiger partial charge in [0.25, 0.3) is 0 Å². The second-order valence-electron chi connectivity index (χ2n) is 5.59. The largest absolute Gasteiger partial charge is 0.233 e. The molecular formula is C16H19N3O2S. The predicted molar refractivity (Wildman–Crippen MR) is 86.0 cm³/mol. The van der Waals surface area contributed by atoms with Crippen molar-refractivity contribution in [1.82, 2.24) is 14.3 Å². The lowest BCUT2D eigenvalue weighted by atomic mass is 10.1. The molecule has 0 bridgehead atoms. The van der Waals surface area contributed by atoms with E-state index in [1.54, 1.807) is 0 Å². The van der Waals surface area contributed by atoms with Crippen LogP contribution in [0.4, 0.5) is 0 Å². The standard InChI is InChI=1S/C16H19N3O2S/c1-12-14-8-10-19(22(2,20)21)11-9-15(14)18-16(17-12)13-6-4-3-5-7-13/h3-7H,8-11H2,1-2H3. The molecule has 116 valence electrons. The number of sulfonamides is 1. The van der Waals surface area contributed by atoms with Gasteiger partial charge in [0.1, 0.15) is 0 Å². The number of aryl methyl sites for hydroxylation is 1. The number of fused-ring (bicyclic) bond motifs is 1. The Bertz CT molecular complexity index is 789. The molecule has 6 heteroatoms. The van der Waals surface area contributed by atoms with E-state index in [9.17, 15) is 8.42 Å². The minimum atomic E-state index is -3.16. The maximum atomic E-state index is 11.8. The van der Waals surface area contributed by atoms with Gasteiger partial charge < -0.3 is 0 Å². The Hall–Kier alpha value is -1.79. The van der Waals surface area contributed by atoms with Crippen molar-refractivity contribution in [2.45, 2.75) is 19.8 Å². The van der Waals surface area contributed by atoms with Gasteiger partial charge in [-0.2, -0.15) is 0 Å². The average molecular weight is 317 g/mol. The molecule has 0 spiro atoms. The second-order valence-corrected chi connectivity index (χ2v) is 7.57. The van der Waals surface area contributed by atoms with Crippen LogP contribution in [-0.4, -0.2) is 42.0 Å². The van der Waals surface area contributed by atoms with Crippen LogP contribution in [0.3, 0.4) is 0 Å². The van der Waals surface area contributed by atoms with E-state index in [-0.39, 0.29) is 0 Å². The summed E-state index contributed by atoms with van der Waals surface area (Å²) in [5, 5.41) is 0. The molecule has 0 saturated carbocycles. The molecule has 1 aliphatic heterocycles. The molecular weight excluding hydrogens is 298 g/mol. The summed E-state index contributed by atoms with van der Waals surface area (Å²) in [5.74, 6) is 0.713. The first kappa shape index (κ1) is 15.1. The topological polar surface area (TPSA) is 63.2 Å². The number of rotatable bonds is 2. The molecule has 0 unspecified atom stereocenters. The van der Waals surface area contributed by atoms with Crippen LogP contribution < -0.4 is 0 Å². The third-order valence-electron chi connectivity index (χ3n) is 4.01. The highest BCUT2D eigenvalue weighted by molar-refractivity contribution is 7.88. The maximum absolute atomic E-state index is 11.8. The molecule has 0 radical (unpaired) electrons. The van der Waals surface area contributed by atoms with Crippen LogP contribution in [0.25, 0.3) is 11.4 Å². The van der Waals surface area contributed by atoms with E-state index >= 15 is 0 Å². The van der Waals surface area contributed by atoms with Gasteiger partial charge in [0.15, 0.2) is 5.82 Å². The molecule has 1 aromatic carbocycles. The molecule has 2 heterocycles. The highest BCUT2D eigenvalue weighted by atomic mass is 32.2. The van der Waals surface area contributed by atoms with Gasteiger partial charge >= 0.3 is 0 Å². The van der Waals surface area contributed by atoms with E-state index < -0.39 is 10.0 Å². The van der Waals surface area contributed by atoms with Crippen molar-refractivity contribution in [2.75, 3.05) is 19.3 Å². The van der Waals surface area contributed by atoms with Crippen LogP contribution in [0.5, 0.6) is 0 Å². The smallest absolute Gasteiger partial charge is 0.211 e. The average Bonchev–Trinajstić information content (AvgIpc) is 2.70. The molecule has 0 fully saturated rings. The number of benzene rings is 1. The van der Waals surface area contributed by atoms with E-state index in [0.29, 0.717) is 31.8 Å². The van der Waals surface area contributed by atoms with Gasteiger partial charge in [-0.05, 0) is 18.9 Å². The van der Waals surface area contributed by atoms with Crippen molar-refractivity contribution in [3.8, 4) is 11.4 Å². The quantitative estimate of drug-likeness (QED) is 0.847. The lowest BCUT2D eigenvalue weighted by molar-refractivity contribution is 0.430. The lowest BCUT2D eigenvalue weighted by Crippen LogP contribution is -2.32. The zero-order valence-corrected chi connectivity index (χ0v) is 13.6. The number of hydrogen-bond acceptors (Lipinski definition) is 4. The molecule has 5 nitrogen and oxygen atoms in total. The molecule has 0 saturated heterocycles. The van der Waals surface area contributed by atoms with Crippen molar-refractivity contribution in [1.29, 1.82) is 0 Å². The number of hydrogen-bond donors (Lipinski definition) is 0. The summed E-state index contributed by atoms with van der Waals surface area (Å²) in [6.45, 7) is 2.96. The van der Waals surface area contributed by atoms with E-state index in [4.69, 9.17) is 0 Å². The summed E-state index contributed by atoms with van der Waals surface area (Å²) in [4.78, 5) is 9.29. The van der Waals surface area contributed by atoms with Crippen molar-refractivity contribution in [3.05, 3.63) is 47.3 Å². The van der Waals surface area contributed by atoms with Gasteiger partial charge in [-0.1, -0.05) is 30.3 Å². The van der Waals surface area contributed by atoms with Crippen LogP contribution >= 0.6 is 0 Å². The Morgan fingerprint density at radius 3 is 2.41 bits per heavy atom. The molecule has 1 aromatic heterocycles. The van der Waals surface area contributed by atoms with Crippen LogP contribution in [0, 0.1) is 6.92 Å². The van der Waals surface area contributed by atoms with Gasteiger partial charge in [-0.25, -0.2) is 22.7 Å². The molecule has 0 N–H and O–H groups in total. The lowest BCUT2D eigenvalue weighted by Gasteiger charge is -2.16. The van der Waals surface area contributed by atoms with Crippen LogP contribution in [0.1, 0.15) is 17.0 Å². The van der Waals surface area contributed by atoms with Crippen LogP contribution in [-0.2, 0) is 22.9 Å². The first-order valence-electron chi connectivity index (χ1n) is 7.32. The first-order valence-corrected chi connectivity index (χ1v) is 9.17. The summed E-state index contributed by atoms with van der Waals surface area (Å²) >= 11 is 0.